The van der Waals surface area contributed by atoms with Crippen LogP contribution in [0.15, 0.2) is 66.9 Å². The molecule has 2 aliphatic heterocycles. The number of piperazine rings is 1. The van der Waals surface area contributed by atoms with Gasteiger partial charge in [-0.3, -0.25) is 14.6 Å². The number of nitrogens with zero attached hydrogens (tertiary/aromatic N) is 4. The average molecular weight is 542 g/mol. The van der Waals surface area contributed by atoms with Gasteiger partial charge in [-0.15, -0.1) is 0 Å². The van der Waals surface area contributed by atoms with Crippen LogP contribution in [0.5, 0.6) is 0 Å². The molecule has 0 aliphatic carbocycles. The molecular formula is C31H35N5O4. The number of esters is 1. The van der Waals surface area contributed by atoms with Crippen molar-refractivity contribution in [3.63, 3.8) is 0 Å². The fourth-order valence-electron chi connectivity index (χ4n) is 5.30. The minimum atomic E-state index is -0.399. The Morgan fingerprint density at radius 2 is 1.68 bits per heavy atom. The van der Waals surface area contributed by atoms with Gasteiger partial charge in [-0.25, -0.2) is 4.79 Å². The Bertz CT molecular complexity index is 1390. The molecule has 5 rings (SSSR count). The van der Waals surface area contributed by atoms with Crippen LogP contribution < -0.4 is 10.2 Å². The van der Waals surface area contributed by atoms with Crippen LogP contribution in [0.1, 0.15) is 33.7 Å². The van der Waals surface area contributed by atoms with Crippen LogP contribution in [0.4, 0.5) is 11.4 Å². The lowest BCUT2D eigenvalue weighted by Crippen LogP contribution is -2.45. The number of anilines is 2. The van der Waals surface area contributed by atoms with E-state index in [9.17, 15) is 14.4 Å². The number of likely N-dealkylation sites (N-methyl/N-ethyl adjacent to an activating group) is 1. The zero-order chi connectivity index (χ0) is 28.1. The number of benzene rings is 2. The van der Waals surface area contributed by atoms with Gasteiger partial charge in [0.15, 0.2) is 0 Å². The summed E-state index contributed by atoms with van der Waals surface area (Å²) in [5, 5.41) is 3.03. The number of nitrogens with one attached hydrogen (secondary N) is 1. The molecule has 0 radical (unpaired) electrons. The number of carbonyl (C=O) groups excluding carboxylic acids is 3. The van der Waals surface area contributed by atoms with Crippen LogP contribution in [-0.2, 0) is 9.53 Å². The van der Waals surface area contributed by atoms with Gasteiger partial charge in [-0.05, 0) is 67.4 Å². The van der Waals surface area contributed by atoms with Crippen LogP contribution >= 0.6 is 0 Å². The molecule has 9 heteroatoms. The van der Waals surface area contributed by atoms with E-state index in [2.05, 4.69) is 27.1 Å². The van der Waals surface area contributed by atoms with Crippen molar-refractivity contribution in [1.82, 2.24) is 14.8 Å². The zero-order valence-electron chi connectivity index (χ0n) is 23.0. The first kappa shape index (κ1) is 27.3. The summed E-state index contributed by atoms with van der Waals surface area (Å²) in [6.45, 7) is 4.76. The Kier molecular flexibility index (Phi) is 8.40. The van der Waals surface area contributed by atoms with Crippen LogP contribution in [0.3, 0.4) is 0 Å². The van der Waals surface area contributed by atoms with E-state index in [-0.39, 0.29) is 17.7 Å². The largest absolute Gasteiger partial charge is 0.465 e. The molecule has 40 heavy (non-hydrogen) atoms. The van der Waals surface area contributed by atoms with E-state index in [1.165, 1.54) is 7.11 Å². The maximum absolute atomic E-state index is 13.4. The lowest BCUT2D eigenvalue weighted by atomic mass is 9.96. The number of ether oxygens (including phenoxy) is 1. The van der Waals surface area contributed by atoms with Crippen molar-refractivity contribution in [3.05, 3.63) is 78.1 Å². The highest BCUT2D eigenvalue weighted by molar-refractivity contribution is 5.96. The Balaban J connectivity index is 1.23. The summed E-state index contributed by atoms with van der Waals surface area (Å²) < 4.78 is 4.83. The van der Waals surface area contributed by atoms with Crippen molar-refractivity contribution in [3.8, 4) is 11.1 Å². The Labute approximate surface area is 234 Å². The molecule has 2 fully saturated rings. The fourth-order valence-corrected chi connectivity index (χ4v) is 5.30. The van der Waals surface area contributed by atoms with Gasteiger partial charge in [0.1, 0.15) is 5.69 Å². The van der Waals surface area contributed by atoms with Crippen LogP contribution in [-0.4, -0.2) is 86.0 Å². The summed E-state index contributed by atoms with van der Waals surface area (Å²) in [4.78, 5) is 49.3. The monoisotopic (exact) mass is 541 g/mol. The number of carbonyl (C=O) groups is 3. The van der Waals surface area contributed by atoms with Crippen molar-refractivity contribution in [2.75, 3.05) is 63.6 Å². The SMILES string of the molecule is COC(=O)c1cccc(-c2cccc(NC(=O)[C@H]3CCCN(C(=O)c4cc(N5CCN(C)CC5)ccn4)C3)c2)c1. The summed E-state index contributed by atoms with van der Waals surface area (Å²) in [5.41, 5.74) is 4.27. The van der Waals surface area contributed by atoms with Gasteiger partial charge in [0, 0.05) is 56.8 Å². The molecule has 0 spiro atoms. The van der Waals surface area contributed by atoms with E-state index in [0.29, 0.717) is 36.5 Å². The molecular weight excluding hydrogens is 506 g/mol. The van der Waals surface area contributed by atoms with Crippen LogP contribution in [0.25, 0.3) is 11.1 Å². The molecule has 2 aliphatic rings. The van der Waals surface area contributed by atoms with Gasteiger partial charge >= 0.3 is 5.97 Å². The molecule has 0 saturated carbocycles. The van der Waals surface area contributed by atoms with Crippen molar-refractivity contribution in [1.29, 1.82) is 0 Å². The number of aromatic nitrogens is 1. The van der Waals surface area contributed by atoms with Crippen molar-refractivity contribution in [2.45, 2.75) is 12.8 Å². The molecule has 2 aromatic carbocycles. The van der Waals surface area contributed by atoms with E-state index < -0.39 is 5.97 Å². The number of methoxy groups -OCH3 is 1. The highest BCUT2D eigenvalue weighted by Crippen LogP contribution is 2.26. The molecule has 0 unspecified atom stereocenters. The summed E-state index contributed by atoms with van der Waals surface area (Å²) in [5.74, 6) is -0.966. The molecule has 0 bridgehead atoms. The number of hydrogen-bond acceptors (Lipinski definition) is 7. The smallest absolute Gasteiger partial charge is 0.337 e. The molecule has 3 aromatic rings. The Morgan fingerprint density at radius 3 is 2.45 bits per heavy atom. The third-order valence-electron chi connectivity index (χ3n) is 7.66. The number of pyridine rings is 1. The molecule has 9 nitrogen and oxygen atoms in total. The normalized spacial score (nSPS) is 17.8. The lowest BCUT2D eigenvalue weighted by Gasteiger charge is -2.34. The highest BCUT2D eigenvalue weighted by atomic mass is 16.5. The predicted molar refractivity (Wildman–Crippen MR) is 154 cm³/mol. The van der Waals surface area contributed by atoms with Gasteiger partial charge < -0.3 is 24.8 Å². The quantitative estimate of drug-likeness (QED) is 0.475. The van der Waals surface area contributed by atoms with Gasteiger partial charge in [0.2, 0.25) is 5.91 Å². The summed E-state index contributed by atoms with van der Waals surface area (Å²) >= 11 is 0. The number of piperidine rings is 1. The van der Waals surface area contributed by atoms with E-state index in [1.54, 1.807) is 29.3 Å². The van der Waals surface area contributed by atoms with E-state index in [4.69, 9.17) is 4.74 Å². The summed E-state index contributed by atoms with van der Waals surface area (Å²) in [6.07, 6.45) is 3.16. The summed E-state index contributed by atoms with van der Waals surface area (Å²) in [6, 6.07) is 18.5. The van der Waals surface area contributed by atoms with E-state index in [0.717, 1.165) is 49.4 Å². The summed E-state index contributed by atoms with van der Waals surface area (Å²) in [7, 11) is 3.47. The topological polar surface area (TPSA) is 95.1 Å². The first-order valence-electron chi connectivity index (χ1n) is 13.7. The number of hydrogen-bond donors (Lipinski definition) is 1. The maximum atomic E-state index is 13.4. The fraction of sp³-hybridized carbons (Fsp3) is 0.355. The number of likely N-dealkylation sites (tertiary alicyclic amines) is 1. The van der Waals surface area contributed by atoms with Gasteiger partial charge in [-0.2, -0.15) is 0 Å². The second kappa shape index (κ2) is 12.3. The second-order valence-electron chi connectivity index (χ2n) is 10.4. The predicted octanol–water partition coefficient (Wildman–Crippen LogP) is 3.78. The van der Waals surface area contributed by atoms with E-state index >= 15 is 0 Å². The van der Waals surface area contributed by atoms with Crippen LogP contribution in [0, 0.1) is 5.92 Å². The molecule has 208 valence electrons. The Hall–Kier alpha value is -4.24. The maximum Gasteiger partial charge on any atom is 0.337 e. The molecule has 2 saturated heterocycles. The average Bonchev–Trinajstić information content (AvgIpc) is 3.01. The number of amides is 2. The molecule has 1 N–H and O–H groups in total. The minimum absolute atomic E-state index is 0.114. The molecule has 2 amide bonds. The third-order valence-corrected chi connectivity index (χ3v) is 7.66. The van der Waals surface area contributed by atoms with Crippen molar-refractivity contribution < 1.29 is 19.1 Å². The standard InChI is InChI=1S/C31H35N5O4/c1-34-14-16-35(17-15-34)27-11-12-32-28(20-27)30(38)36-13-5-9-25(21-36)29(37)33-26-10-4-7-23(19-26)22-6-3-8-24(18-22)31(39)40-2/h3-4,6-8,10-12,18-20,25H,5,9,13-17,21H2,1-2H3,(H,33,37)/t25-/m0/s1. The van der Waals surface area contributed by atoms with Crippen LogP contribution in [0.2, 0.25) is 0 Å². The van der Waals surface area contributed by atoms with E-state index in [1.807, 2.05) is 42.5 Å². The zero-order valence-corrected chi connectivity index (χ0v) is 23.0. The van der Waals surface area contributed by atoms with Gasteiger partial charge in [-0.1, -0.05) is 24.3 Å². The molecule has 1 atom stereocenters. The third kappa shape index (κ3) is 6.31. The lowest BCUT2D eigenvalue weighted by molar-refractivity contribution is -0.121. The first-order valence-corrected chi connectivity index (χ1v) is 13.7. The number of rotatable bonds is 6. The molecule has 1 aromatic heterocycles. The minimum Gasteiger partial charge on any atom is -0.465 e. The van der Waals surface area contributed by atoms with Crippen molar-refractivity contribution in [2.24, 2.45) is 5.92 Å². The van der Waals surface area contributed by atoms with Crippen molar-refractivity contribution >= 4 is 29.2 Å². The second-order valence-corrected chi connectivity index (χ2v) is 10.4. The highest BCUT2D eigenvalue weighted by Gasteiger charge is 2.30. The van der Waals surface area contributed by atoms with Gasteiger partial charge in [0.05, 0.1) is 18.6 Å². The van der Waals surface area contributed by atoms with Gasteiger partial charge in [0.25, 0.3) is 5.91 Å². The Morgan fingerprint density at radius 1 is 0.925 bits per heavy atom. The molecule has 3 heterocycles. The first-order chi connectivity index (χ1) is 19.4.